The van der Waals surface area contributed by atoms with Gasteiger partial charge in [0.1, 0.15) is 0 Å². The molecule has 1 saturated heterocycles. The Bertz CT molecular complexity index is 362. The number of amides is 2. The number of hydrogen-bond donors (Lipinski definition) is 3. The molecule has 116 valence electrons. The summed E-state index contributed by atoms with van der Waals surface area (Å²) >= 11 is 0. The minimum Gasteiger partial charge on any atom is -0.481 e. The van der Waals surface area contributed by atoms with Gasteiger partial charge in [-0.1, -0.05) is 0 Å². The van der Waals surface area contributed by atoms with E-state index in [4.69, 9.17) is 5.11 Å². The molecule has 0 radical (unpaired) electrons. The van der Waals surface area contributed by atoms with Crippen molar-refractivity contribution < 1.29 is 33.0 Å². The standard InChI is InChI=1S/C11H17F3N2O4/c12-11(13,14)9(19)7-3-2-6-16(7)10(20)15-5-1-4-8(17)18/h7,9,19H,1-6H2,(H,15,20)(H,17,18). The highest BCUT2D eigenvalue weighted by molar-refractivity contribution is 5.75. The molecule has 0 bridgehead atoms. The molecule has 2 unspecified atom stereocenters. The number of nitrogens with zero attached hydrogens (tertiary/aromatic N) is 1. The van der Waals surface area contributed by atoms with Crippen molar-refractivity contribution >= 4 is 12.0 Å². The Morgan fingerprint density at radius 3 is 2.60 bits per heavy atom. The van der Waals surface area contributed by atoms with E-state index in [0.717, 1.165) is 4.90 Å². The lowest BCUT2D eigenvalue weighted by molar-refractivity contribution is -0.216. The van der Waals surface area contributed by atoms with Gasteiger partial charge < -0.3 is 20.4 Å². The lowest BCUT2D eigenvalue weighted by Crippen LogP contribution is -2.52. The number of carbonyl (C=O) groups is 2. The second-order valence-electron chi connectivity index (χ2n) is 4.62. The average molecular weight is 298 g/mol. The maximum absolute atomic E-state index is 12.5. The van der Waals surface area contributed by atoms with Gasteiger partial charge in [-0.25, -0.2) is 4.79 Å². The Morgan fingerprint density at radius 2 is 2.05 bits per heavy atom. The summed E-state index contributed by atoms with van der Waals surface area (Å²) in [5.41, 5.74) is 0. The topological polar surface area (TPSA) is 89.9 Å². The van der Waals surface area contributed by atoms with E-state index in [2.05, 4.69) is 5.32 Å². The van der Waals surface area contributed by atoms with Gasteiger partial charge in [-0.15, -0.1) is 0 Å². The molecule has 0 saturated carbocycles. The molecule has 1 rings (SSSR count). The Hall–Kier alpha value is -1.51. The van der Waals surface area contributed by atoms with Crippen LogP contribution in [-0.4, -0.2) is 58.5 Å². The van der Waals surface area contributed by atoms with E-state index in [-0.39, 0.29) is 32.4 Å². The number of aliphatic carboxylic acids is 1. The van der Waals surface area contributed by atoms with Crippen LogP contribution in [0.1, 0.15) is 25.7 Å². The molecule has 6 nitrogen and oxygen atoms in total. The largest absolute Gasteiger partial charge is 0.481 e. The zero-order valence-corrected chi connectivity index (χ0v) is 10.7. The molecule has 1 aliphatic rings. The zero-order valence-electron chi connectivity index (χ0n) is 10.7. The third-order valence-electron chi connectivity index (χ3n) is 3.10. The lowest BCUT2D eigenvalue weighted by atomic mass is 10.1. The van der Waals surface area contributed by atoms with Crippen LogP contribution in [0.4, 0.5) is 18.0 Å². The Kier molecular flexibility index (Phi) is 5.61. The van der Waals surface area contributed by atoms with Gasteiger partial charge in [0.05, 0.1) is 6.04 Å². The maximum Gasteiger partial charge on any atom is 0.416 e. The molecule has 1 aliphatic heterocycles. The summed E-state index contributed by atoms with van der Waals surface area (Å²) in [7, 11) is 0. The Balaban J connectivity index is 2.48. The number of urea groups is 1. The van der Waals surface area contributed by atoms with Gasteiger partial charge in [-0.2, -0.15) is 13.2 Å². The molecule has 0 aromatic rings. The molecule has 0 aromatic heterocycles. The number of carboxylic acid groups (broad SMARTS) is 1. The summed E-state index contributed by atoms with van der Waals surface area (Å²) < 4.78 is 37.4. The molecule has 9 heteroatoms. The SMILES string of the molecule is O=C(O)CCCNC(=O)N1CCCC1C(O)C(F)(F)F. The minimum atomic E-state index is -4.77. The van der Waals surface area contributed by atoms with Gasteiger partial charge in [-0.3, -0.25) is 4.79 Å². The van der Waals surface area contributed by atoms with Crippen LogP contribution in [0.3, 0.4) is 0 Å². The average Bonchev–Trinajstić information content (AvgIpc) is 2.80. The number of nitrogens with one attached hydrogen (secondary N) is 1. The predicted molar refractivity (Wildman–Crippen MR) is 62.1 cm³/mol. The van der Waals surface area contributed by atoms with Crippen molar-refractivity contribution in [2.75, 3.05) is 13.1 Å². The van der Waals surface area contributed by atoms with Crippen LogP contribution in [0.15, 0.2) is 0 Å². The van der Waals surface area contributed by atoms with Crippen LogP contribution in [0.2, 0.25) is 0 Å². The van der Waals surface area contributed by atoms with Gasteiger partial charge in [-0.05, 0) is 19.3 Å². The molecule has 0 aliphatic carbocycles. The first kappa shape index (κ1) is 16.5. The van der Waals surface area contributed by atoms with Crippen LogP contribution in [-0.2, 0) is 4.79 Å². The van der Waals surface area contributed by atoms with Crippen molar-refractivity contribution in [2.45, 2.75) is 44.0 Å². The van der Waals surface area contributed by atoms with Gasteiger partial charge >= 0.3 is 18.2 Å². The monoisotopic (exact) mass is 298 g/mol. The highest BCUT2D eigenvalue weighted by Crippen LogP contribution is 2.30. The molecule has 3 N–H and O–H groups in total. The fourth-order valence-electron chi connectivity index (χ4n) is 2.13. The number of halogens is 3. The number of carboxylic acids is 1. The molecule has 1 heterocycles. The summed E-state index contributed by atoms with van der Waals surface area (Å²) in [4.78, 5) is 22.9. The van der Waals surface area contributed by atoms with Crippen molar-refractivity contribution in [1.82, 2.24) is 10.2 Å². The van der Waals surface area contributed by atoms with Crippen molar-refractivity contribution in [2.24, 2.45) is 0 Å². The van der Waals surface area contributed by atoms with Crippen molar-refractivity contribution in [1.29, 1.82) is 0 Å². The lowest BCUT2D eigenvalue weighted by Gasteiger charge is -2.29. The first-order chi connectivity index (χ1) is 9.23. The van der Waals surface area contributed by atoms with E-state index in [1.54, 1.807) is 0 Å². The first-order valence-corrected chi connectivity index (χ1v) is 6.24. The minimum absolute atomic E-state index is 0.0659. The molecule has 2 atom stereocenters. The van der Waals surface area contributed by atoms with E-state index in [1.165, 1.54) is 0 Å². The Labute approximate surface area is 113 Å². The molecule has 0 spiro atoms. The summed E-state index contributed by atoms with van der Waals surface area (Å²) in [6, 6.07) is -1.99. The summed E-state index contributed by atoms with van der Waals surface area (Å²) in [6.45, 7) is 0.207. The Morgan fingerprint density at radius 1 is 1.40 bits per heavy atom. The second-order valence-corrected chi connectivity index (χ2v) is 4.62. The van der Waals surface area contributed by atoms with Crippen LogP contribution in [0.5, 0.6) is 0 Å². The number of carbonyl (C=O) groups excluding carboxylic acids is 1. The first-order valence-electron chi connectivity index (χ1n) is 6.24. The molecule has 20 heavy (non-hydrogen) atoms. The predicted octanol–water partition coefficient (Wildman–Crippen LogP) is 0.948. The van der Waals surface area contributed by atoms with Crippen LogP contribution in [0.25, 0.3) is 0 Å². The van der Waals surface area contributed by atoms with E-state index in [1.807, 2.05) is 0 Å². The van der Waals surface area contributed by atoms with Gasteiger partial charge in [0.15, 0.2) is 6.10 Å². The van der Waals surface area contributed by atoms with E-state index >= 15 is 0 Å². The van der Waals surface area contributed by atoms with Crippen molar-refractivity contribution in [3.05, 3.63) is 0 Å². The van der Waals surface area contributed by atoms with Crippen LogP contribution in [0, 0.1) is 0 Å². The highest BCUT2D eigenvalue weighted by Gasteiger charge is 2.48. The number of likely N-dealkylation sites (tertiary alicyclic amines) is 1. The fraction of sp³-hybridized carbons (Fsp3) is 0.818. The number of alkyl halides is 3. The van der Waals surface area contributed by atoms with Gasteiger partial charge in [0.25, 0.3) is 0 Å². The molecular weight excluding hydrogens is 281 g/mol. The smallest absolute Gasteiger partial charge is 0.416 e. The zero-order chi connectivity index (χ0) is 15.3. The van der Waals surface area contributed by atoms with E-state index in [0.29, 0.717) is 6.42 Å². The van der Waals surface area contributed by atoms with Gasteiger partial charge in [0.2, 0.25) is 0 Å². The number of hydrogen-bond acceptors (Lipinski definition) is 3. The molecule has 0 aromatic carbocycles. The third kappa shape index (κ3) is 4.55. The quantitative estimate of drug-likeness (QED) is 0.659. The summed E-state index contributed by atoms with van der Waals surface area (Å²) in [6.07, 6.45) is -6.79. The van der Waals surface area contributed by atoms with E-state index in [9.17, 15) is 27.9 Å². The maximum atomic E-state index is 12.5. The number of aliphatic hydroxyl groups is 1. The van der Waals surface area contributed by atoms with Gasteiger partial charge in [0, 0.05) is 19.5 Å². The van der Waals surface area contributed by atoms with E-state index < -0.39 is 30.3 Å². The van der Waals surface area contributed by atoms with Crippen molar-refractivity contribution in [3.8, 4) is 0 Å². The van der Waals surface area contributed by atoms with Crippen LogP contribution < -0.4 is 5.32 Å². The highest BCUT2D eigenvalue weighted by atomic mass is 19.4. The van der Waals surface area contributed by atoms with Crippen molar-refractivity contribution in [3.63, 3.8) is 0 Å². The molecule has 1 fully saturated rings. The summed E-state index contributed by atoms with van der Waals surface area (Å²) in [5.74, 6) is -1.01. The molecular formula is C11H17F3N2O4. The second kappa shape index (κ2) is 6.78. The fourth-order valence-corrected chi connectivity index (χ4v) is 2.13. The number of rotatable bonds is 5. The molecule has 2 amide bonds. The normalized spacial score (nSPS) is 20.8. The van der Waals surface area contributed by atoms with Crippen LogP contribution >= 0.6 is 0 Å². The summed E-state index contributed by atoms with van der Waals surface area (Å²) in [5, 5.41) is 20.0. The third-order valence-corrected chi connectivity index (χ3v) is 3.10. The number of aliphatic hydroxyl groups excluding tert-OH is 1.